The number of primary amides is 1. The Kier molecular flexibility index (Phi) is 16.7. The Balaban J connectivity index is 5.59. The summed E-state index contributed by atoms with van der Waals surface area (Å²) >= 11 is 1.53. The van der Waals surface area contributed by atoms with Gasteiger partial charge in [-0.05, 0) is 50.0 Å². The van der Waals surface area contributed by atoms with E-state index in [1.807, 2.05) is 20.1 Å². The van der Waals surface area contributed by atoms with Crippen molar-refractivity contribution in [1.29, 1.82) is 0 Å². The number of nitrogens with one attached hydrogen (secondary N) is 3. The number of carbonyl (C=O) groups is 5. The predicted octanol–water partition coefficient (Wildman–Crippen LogP) is -2.03. The maximum absolute atomic E-state index is 13.2. The van der Waals surface area contributed by atoms with Crippen LogP contribution >= 0.6 is 11.8 Å². The van der Waals surface area contributed by atoms with E-state index < -0.39 is 53.8 Å². The molecule has 0 aromatic heterocycles. The second-order valence-corrected chi connectivity index (χ2v) is 9.98. The van der Waals surface area contributed by atoms with Crippen molar-refractivity contribution < 1.29 is 29.1 Å². The molecule has 0 aromatic carbocycles. The lowest BCUT2D eigenvalue weighted by atomic mass is 10.0. The van der Waals surface area contributed by atoms with Gasteiger partial charge in [-0.15, -0.1) is 0 Å². The summed E-state index contributed by atoms with van der Waals surface area (Å²) < 4.78 is 0. The molecule has 4 amide bonds. The van der Waals surface area contributed by atoms with Crippen LogP contribution in [0.15, 0.2) is 4.99 Å². The maximum atomic E-state index is 13.2. The molecular weight excluding hydrogens is 504 g/mol. The van der Waals surface area contributed by atoms with Crippen molar-refractivity contribution >= 4 is 47.3 Å². The Morgan fingerprint density at radius 2 is 1.43 bits per heavy atom. The highest BCUT2D eigenvalue weighted by atomic mass is 32.2. The fraction of sp³-hybridized carbons (Fsp3) is 0.727. The Hall–Kier alpha value is -3.07. The van der Waals surface area contributed by atoms with Crippen LogP contribution in [-0.4, -0.2) is 83.4 Å². The van der Waals surface area contributed by atoms with Gasteiger partial charge in [0.05, 0.1) is 6.04 Å². The highest BCUT2D eigenvalue weighted by Gasteiger charge is 2.30. The van der Waals surface area contributed by atoms with Crippen molar-refractivity contribution in [1.82, 2.24) is 16.0 Å². The fourth-order valence-corrected chi connectivity index (χ4v) is 3.71. The summed E-state index contributed by atoms with van der Waals surface area (Å²) in [6.45, 7) is 3.87. The van der Waals surface area contributed by atoms with E-state index in [-0.39, 0.29) is 44.1 Å². The summed E-state index contributed by atoms with van der Waals surface area (Å²) in [6, 6.07) is -4.31. The van der Waals surface area contributed by atoms with Crippen LogP contribution in [0, 0.1) is 5.92 Å². The molecule has 4 unspecified atom stereocenters. The van der Waals surface area contributed by atoms with Gasteiger partial charge in [-0.25, -0.2) is 4.79 Å². The number of carbonyl (C=O) groups excluding carboxylic acids is 4. The number of carboxylic acids is 1. The number of carboxylic acid groups (broad SMARTS) is 1. The van der Waals surface area contributed by atoms with E-state index in [9.17, 15) is 29.1 Å². The monoisotopic (exact) mass is 546 g/mol. The van der Waals surface area contributed by atoms with Gasteiger partial charge in [0.2, 0.25) is 23.6 Å². The summed E-state index contributed by atoms with van der Waals surface area (Å²) in [7, 11) is 0. The molecule has 37 heavy (non-hydrogen) atoms. The van der Waals surface area contributed by atoms with E-state index in [4.69, 9.17) is 22.9 Å². The van der Waals surface area contributed by atoms with E-state index >= 15 is 0 Å². The predicted molar refractivity (Wildman–Crippen MR) is 142 cm³/mol. The Morgan fingerprint density at radius 1 is 0.865 bits per heavy atom. The number of thioether (sulfide) groups is 1. The van der Waals surface area contributed by atoms with Crippen LogP contribution in [0.1, 0.15) is 52.4 Å². The number of nitrogens with two attached hydrogens (primary N) is 4. The molecule has 4 atom stereocenters. The highest BCUT2D eigenvalue weighted by molar-refractivity contribution is 7.98. The van der Waals surface area contributed by atoms with Gasteiger partial charge in [0, 0.05) is 13.0 Å². The molecule has 0 rings (SSSR count). The highest BCUT2D eigenvalue weighted by Crippen LogP contribution is 2.09. The van der Waals surface area contributed by atoms with Gasteiger partial charge >= 0.3 is 5.97 Å². The maximum Gasteiger partial charge on any atom is 0.326 e. The molecule has 0 saturated carbocycles. The molecular formula is C22H42N8O6S. The third-order valence-electron chi connectivity index (χ3n) is 5.18. The first-order chi connectivity index (χ1) is 17.3. The van der Waals surface area contributed by atoms with Crippen LogP contribution in [0.25, 0.3) is 0 Å². The number of nitrogens with zero attached hydrogens (tertiary/aromatic N) is 1. The minimum absolute atomic E-state index is 0.0418. The smallest absolute Gasteiger partial charge is 0.326 e. The second kappa shape index (κ2) is 18.2. The number of hydrogen-bond donors (Lipinski definition) is 8. The molecule has 0 aliphatic heterocycles. The molecule has 15 heteroatoms. The molecule has 0 aliphatic rings. The van der Waals surface area contributed by atoms with Gasteiger partial charge in [0.1, 0.15) is 18.1 Å². The average molecular weight is 547 g/mol. The van der Waals surface area contributed by atoms with Crippen LogP contribution in [0.4, 0.5) is 0 Å². The third-order valence-corrected chi connectivity index (χ3v) is 5.83. The lowest BCUT2D eigenvalue weighted by Crippen LogP contribution is -2.57. The molecule has 0 aromatic rings. The van der Waals surface area contributed by atoms with Crippen molar-refractivity contribution in [2.24, 2.45) is 33.8 Å². The van der Waals surface area contributed by atoms with Crippen LogP contribution in [0.5, 0.6) is 0 Å². The third kappa shape index (κ3) is 15.6. The number of guanidine groups is 1. The van der Waals surface area contributed by atoms with Crippen molar-refractivity contribution in [3.8, 4) is 0 Å². The summed E-state index contributed by atoms with van der Waals surface area (Å²) in [5.74, 6) is -3.43. The normalized spacial score (nSPS) is 14.1. The van der Waals surface area contributed by atoms with Gasteiger partial charge in [-0.2, -0.15) is 11.8 Å². The molecule has 0 spiro atoms. The zero-order valence-electron chi connectivity index (χ0n) is 21.7. The molecule has 0 aliphatic carbocycles. The van der Waals surface area contributed by atoms with Crippen molar-refractivity contribution in [2.45, 2.75) is 76.5 Å². The summed E-state index contributed by atoms with van der Waals surface area (Å²) in [5, 5.41) is 17.0. The Morgan fingerprint density at radius 3 is 1.95 bits per heavy atom. The van der Waals surface area contributed by atoms with Crippen LogP contribution < -0.4 is 38.9 Å². The molecule has 0 heterocycles. The molecule has 14 nitrogen and oxygen atoms in total. The van der Waals surface area contributed by atoms with E-state index in [0.717, 1.165) is 0 Å². The molecule has 0 saturated heterocycles. The number of hydrogen-bond acceptors (Lipinski definition) is 8. The van der Waals surface area contributed by atoms with Crippen LogP contribution in [0.3, 0.4) is 0 Å². The molecule has 212 valence electrons. The zero-order valence-corrected chi connectivity index (χ0v) is 22.5. The van der Waals surface area contributed by atoms with E-state index in [1.165, 1.54) is 11.8 Å². The van der Waals surface area contributed by atoms with Gasteiger partial charge in [0.15, 0.2) is 5.96 Å². The van der Waals surface area contributed by atoms with Crippen molar-refractivity contribution in [3.63, 3.8) is 0 Å². The Bertz CT molecular complexity index is 806. The van der Waals surface area contributed by atoms with Gasteiger partial charge in [-0.3, -0.25) is 24.2 Å². The van der Waals surface area contributed by atoms with E-state index in [0.29, 0.717) is 18.6 Å². The molecule has 0 radical (unpaired) electrons. The van der Waals surface area contributed by atoms with Crippen molar-refractivity contribution in [3.05, 3.63) is 0 Å². The molecule has 0 bridgehead atoms. The largest absolute Gasteiger partial charge is 0.480 e. The van der Waals surface area contributed by atoms with Gasteiger partial charge < -0.3 is 44.0 Å². The molecule has 12 N–H and O–H groups in total. The van der Waals surface area contributed by atoms with Crippen LogP contribution in [0.2, 0.25) is 0 Å². The number of aliphatic carboxylic acids is 1. The van der Waals surface area contributed by atoms with E-state index in [2.05, 4.69) is 20.9 Å². The summed E-state index contributed by atoms with van der Waals surface area (Å²) in [6.07, 6.45) is 2.57. The zero-order chi connectivity index (χ0) is 28.5. The van der Waals surface area contributed by atoms with Gasteiger partial charge in [0.25, 0.3) is 0 Å². The summed E-state index contributed by atoms with van der Waals surface area (Å²) in [4.78, 5) is 65.1. The number of aliphatic imine (C=N–C) groups is 1. The first kappa shape index (κ1) is 33.9. The second-order valence-electron chi connectivity index (χ2n) is 8.99. The van der Waals surface area contributed by atoms with E-state index in [1.54, 1.807) is 0 Å². The summed E-state index contributed by atoms with van der Waals surface area (Å²) in [5.41, 5.74) is 21.7. The minimum atomic E-state index is -1.36. The van der Waals surface area contributed by atoms with Gasteiger partial charge in [-0.1, -0.05) is 13.8 Å². The Labute approximate surface area is 221 Å². The first-order valence-electron chi connectivity index (χ1n) is 12.0. The first-order valence-corrected chi connectivity index (χ1v) is 13.4. The fourth-order valence-electron chi connectivity index (χ4n) is 3.22. The quantitative estimate of drug-likeness (QED) is 0.0500. The minimum Gasteiger partial charge on any atom is -0.480 e. The molecule has 0 fully saturated rings. The SMILES string of the molecule is CSCCC(N)C(=O)NC(CCCN=C(N)N)C(=O)NC(CC(C)C)C(=O)NC(CCC(N)=O)C(=O)O. The lowest BCUT2D eigenvalue weighted by Gasteiger charge is -2.26. The van der Waals surface area contributed by atoms with Crippen molar-refractivity contribution in [2.75, 3.05) is 18.6 Å². The lowest BCUT2D eigenvalue weighted by molar-refractivity contribution is -0.142. The standard InChI is InChI=1S/C22H42N8O6S/c1-12(2)11-16(20(34)29-15(21(35)36)6-7-17(24)31)30-19(33)14(5-4-9-27-22(25)26)28-18(32)13(23)8-10-37-3/h12-16H,4-11,23H2,1-3H3,(H2,24,31)(H,28,32)(H,29,34)(H,30,33)(H,35,36)(H4,25,26,27). The van der Waals surface area contributed by atoms with Crippen LogP contribution in [-0.2, 0) is 24.0 Å². The average Bonchev–Trinajstić information content (AvgIpc) is 2.80. The number of rotatable bonds is 19. The topological polar surface area (TPSA) is 258 Å². The number of amides is 4.